The second-order valence-corrected chi connectivity index (χ2v) is 12.8. The van der Waals surface area contributed by atoms with Crippen LogP contribution in [0.25, 0.3) is 0 Å². The fraction of sp³-hybridized carbons (Fsp3) is 0.778. The van der Waals surface area contributed by atoms with Gasteiger partial charge in [-0.1, -0.05) is 56.6 Å². The van der Waals surface area contributed by atoms with Crippen LogP contribution in [0, 0.1) is 23.2 Å². The van der Waals surface area contributed by atoms with Crippen LogP contribution in [0.15, 0.2) is 35.5 Å². The zero-order valence-corrected chi connectivity index (χ0v) is 21.8. The minimum atomic E-state index is -4.43. The molecule has 5 nitrogen and oxygen atoms in total. The first-order chi connectivity index (χ1) is 15.3. The summed E-state index contributed by atoms with van der Waals surface area (Å²) in [5.74, 6) is 2.18. The van der Waals surface area contributed by atoms with Crippen LogP contribution in [0.5, 0.6) is 0 Å². The van der Waals surface area contributed by atoms with Crippen LogP contribution < -0.4 is 0 Å². The minimum absolute atomic E-state index is 0.404. The molecule has 3 aliphatic rings. The summed E-state index contributed by atoms with van der Waals surface area (Å²) in [5, 5.41) is 10.0. The molecule has 6 heteroatoms. The molecule has 3 saturated carbocycles. The molecule has 33 heavy (non-hydrogen) atoms. The molecule has 0 amide bonds. The summed E-state index contributed by atoms with van der Waals surface area (Å²) in [4.78, 5) is 0. The van der Waals surface area contributed by atoms with Crippen LogP contribution in [0.1, 0.15) is 98.3 Å². The molecule has 5 atom stereocenters. The van der Waals surface area contributed by atoms with Gasteiger partial charge in [-0.05, 0) is 94.0 Å². The summed E-state index contributed by atoms with van der Waals surface area (Å²) in [6.45, 7) is 12.9. The Bertz CT molecular complexity index is 879. The highest BCUT2D eigenvalue weighted by atomic mass is 32.3. The standard InChI is InChI=1S/C27H44O5S/c1-19-8-12-24(32-33(29,30)31)18-22(19)10-9-21-14-16-27(5)23(17-21)11-13-25(27)20(2)7-6-15-26(3,4)28/h9-10,20,23-25,28H,1,6-8,11-18H2,2-5H3,(H,29,30,31)/b21-9+,22-10-. The third kappa shape index (κ3) is 7.27. The third-order valence-electron chi connectivity index (χ3n) is 8.68. The highest BCUT2D eigenvalue weighted by Gasteiger charge is 2.49. The van der Waals surface area contributed by atoms with E-state index in [0.29, 0.717) is 30.6 Å². The lowest BCUT2D eigenvalue weighted by Crippen LogP contribution is -2.35. The SMILES string of the molecule is C=C1CCC(OS(=O)(=O)O)C/C1=C/C=C1\CCC2(C)C(CCC2C(C)CCCC(C)(C)O)C1. The summed E-state index contributed by atoms with van der Waals surface area (Å²) in [5.41, 5.74) is 3.37. The molecule has 2 N–H and O–H groups in total. The second-order valence-electron chi connectivity index (χ2n) is 11.8. The van der Waals surface area contributed by atoms with Crippen molar-refractivity contribution in [2.75, 3.05) is 0 Å². The van der Waals surface area contributed by atoms with Gasteiger partial charge in [0.05, 0.1) is 11.7 Å². The van der Waals surface area contributed by atoms with Crippen molar-refractivity contribution in [1.29, 1.82) is 0 Å². The van der Waals surface area contributed by atoms with Crippen LogP contribution in [0.3, 0.4) is 0 Å². The fourth-order valence-electron chi connectivity index (χ4n) is 6.71. The molecular formula is C27H44O5S. The van der Waals surface area contributed by atoms with Gasteiger partial charge >= 0.3 is 10.4 Å². The molecular weight excluding hydrogens is 436 g/mol. The van der Waals surface area contributed by atoms with E-state index in [4.69, 9.17) is 8.74 Å². The van der Waals surface area contributed by atoms with E-state index in [1.165, 1.54) is 31.3 Å². The molecule has 0 bridgehead atoms. The first kappa shape index (κ1) is 26.7. The summed E-state index contributed by atoms with van der Waals surface area (Å²) in [6.07, 6.45) is 14.8. The van der Waals surface area contributed by atoms with Crippen molar-refractivity contribution < 1.29 is 22.3 Å². The van der Waals surface area contributed by atoms with Crippen molar-refractivity contribution in [3.05, 3.63) is 35.5 Å². The molecule has 0 aromatic heterocycles. The Kier molecular flexibility index (Phi) is 8.36. The molecule has 0 aliphatic heterocycles. The summed E-state index contributed by atoms with van der Waals surface area (Å²) >= 11 is 0. The number of hydrogen-bond donors (Lipinski definition) is 2. The first-order valence-electron chi connectivity index (χ1n) is 12.7. The molecule has 0 aromatic rings. The van der Waals surface area contributed by atoms with E-state index in [0.717, 1.165) is 48.7 Å². The molecule has 0 heterocycles. The van der Waals surface area contributed by atoms with E-state index in [1.54, 1.807) is 0 Å². The maximum absolute atomic E-state index is 11.1. The topological polar surface area (TPSA) is 83.8 Å². The Hall–Kier alpha value is -0.950. The fourth-order valence-corrected chi connectivity index (χ4v) is 7.21. The summed E-state index contributed by atoms with van der Waals surface area (Å²) < 4.78 is 36.0. The normalized spacial score (nSPS) is 34.6. The van der Waals surface area contributed by atoms with E-state index in [2.05, 4.69) is 32.6 Å². The average Bonchev–Trinajstić information content (AvgIpc) is 3.02. The van der Waals surface area contributed by atoms with Gasteiger partial charge in [0, 0.05) is 6.42 Å². The predicted molar refractivity (Wildman–Crippen MR) is 133 cm³/mol. The molecule has 0 saturated heterocycles. The smallest absolute Gasteiger partial charge is 0.390 e. The van der Waals surface area contributed by atoms with E-state index in [-0.39, 0.29) is 0 Å². The lowest BCUT2D eigenvalue weighted by Gasteiger charge is -2.44. The van der Waals surface area contributed by atoms with Crippen molar-refractivity contribution in [2.24, 2.45) is 23.2 Å². The van der Waals surface area contributed by atoms with E-state index < -0.39 is 22.1 Å². The molecule has 3 fully saturated rings. The lowest BCUT2D eigenvalue weighted by molar-refractivity contribution is 0.0575. The van der Waals surface area contributed by atoms with Crippen LogP contribution >= 0.6 is 0 Å². The van der Waals surface area contributed by atoms with Gasteiger partial charge in [-0.25, -0.2) is 4.18 Å². The Morgan fingerprint density at radius 1 is 1.21 bits per heavy atom. The number of fused-ring (bicyclic) bond motifs is 1. The molecule has 0 aromatic carbocycles. The van der Waals surface area contributed by atoms with Crippen molar-refractivity contribution in [3.63, 3.8) is 0 Å². The van der Waals surface area contributed by atoms with Crippen LogP contribution in [0.4, 0.5) is 0 Å². The molecule has 3 rings (SSSR count). The molecule has 5 unspecified atom stereocenters. The van der Waals surface area contributed by atoms with Gasteiger partial charge in [-0.2, -0.15) is 8.42 Å². The molecule has 0 radical (unpaired) electrons. The number of rotatable bonds is 8. The Balaban J connectivity index is 1.60. The molecule has 188 valence electrons. The van der Waals surface area contributed by atoms with Crippen molar-refractivity contribution in [2.45, 2.75) is 110 Å². The van der Waals surface area contributed by atoms with Crippen molar-refractivity contribution in [1.82, 2.24) is 0 Å². The average molecular weight is 481 g/mol. The maximum Gasteiger partial charge on any atom is 0.397 e. The summed E-state index contributed by atoms with van der Waals surface area (Å²) in [6, 6.07) is 0. The van der Waals surface area contributed by atoms with E-state index >= 15 is 0 Å². The quantitative estimate of drug-likeness (QED) is 0.384. The van der Waals surface area contributed by atoms with Crippen molar-refractivity contribution in [3.8, 4) is 0 Å². The predicted octanol–water partition coefficient (Wildman–Crippen LogP) is 6.56. The van der Waals surface area contributed by atoms with Gasteiger partial charge < -0.3 is 5.11 Å². The van der Waals surface area contributed by atoms with Crippen LogP contribution in [-0.4, -0.2) is 29.8 Å². The van der Waals surface area contributed by atoms with Gasteiger partial charge in [-0.3, -0.25) is 4.55 Å². The van der Waals surface area contributed by atoms with Gasteiger partial charge in [0.1, 0.15) is 0 Å². The highest BCUT2D eigenvalue weighted by molar-refractivity contribution is 7.80. The summed E-state index contributed by atoms with van der Waals surface area (Å²) in [7, 11) is -4.43. The number of aliphatic hydroxyl groups is 1. The van der Waals surface area contributed by atoms with Crippen LogP contribution in [-0.2, 0) is 14.6 Å². The zero-order valence-electron chi connectivity index (χ0n) is 21.0. The maximum atomic E-state index is 11.1. The highest BCUT2D eigenvalue weighted by Crippen LogP contribution is 2.59. The second kappa shape index (κ2) is 10.3. The number of allylic oxidation sites excluding steroid dienone is 4. The Morgan fingerprint density at radius 2 is 1.94 bits per heavy atom. The largest absolute Gasteiger partial charge is 0.397 e. The molecule has 0 spiro atoms. The van der Waals surface area contributed by atoms with Crippen molar-refractivity contribution >= 4 is 10.4 Å². The van der Waals surface area contributed by atoms with Gasteiger partial charge in [-0.15, -0.1) is 0 Å². The lowest BCUT2D eigenvalue weighted by atomic mass is 9.61. The van der Waals surface area contributed by atoms with Crippen LogP contribution in [0.2, 0.25) is 0 Å². The first-order valence-corrected chi connectivity index (χ1v) is 14.1. The van der Waals surface area contributed by atoms with Gasteiger partial charge in [0.25, 0.3) is 0 Å². The Labute approximate surface area is 201 Å². The monoisotopic (exact) mass is 480 g/mol. The van der Waals surface area contributed by atoms with E-state index in [1.807, 2.05) is 13.8 Å². The minimum Gasteiger partial charge on any atom is -0.390 e. The van der Waals surface area contributed by atoms with E-state index in [9.17, 15) is 13.5 Å². The van der Waals surface area contributed by atoms with Gasteiger partial charge in [0.15, 0.2) is 0 Å². The van der Waals surface area contributed by atoms with Gasteiger partial charge in [0.2, 0.25) is 0 Å². The molecule has 3 aliphatic carbocycles. The number of hydrogen-bond acceptors (Lipinski definition) is 4. The Morgan fingerprint density at radius 3 is 2.61 bits per heavy atom. The zero-order chi connectivity index (χ0) is 24.4. The third-order valence-corrected chi connectivity index (χ3v) is 9.20.